The molecule has 3 aliphatic rings. The molecular weight excluding hydrogens is 532 g/mol. The highest BCUT2D eigenvalue weighted by Crippen LogP contribution is 2.54. The van der Waals surface area contributed by atoms with Gasteiger partial charge in [-0.25, -0.2) is 0 Å². The average molecular weight is 583 g/mol. The standard InChI is InChI=1S/C35H50O7/c1-3-4-5-6-7-8-9-10-11-12-13-14-15-16-17-18-21-40-25-19-20-28-26(22-25)31-27(32(37)42-34(31)39)24-35(28,2)29-23-30(36)41-33(29)38/h19-20,22,27,29,31H,3-18,21,23-24H2,1-2H3. The zero-order chi connectivity index (χ0) is 30.0. The van der Waals surface area contributed by atoms with Gasteiger partial charge in [0, 0.05) is 5.41 Å². The molecule has 1 aromatic rings. The Kier molecular flexibility index (Phi) is 12.0. The van der Waals surface area contributed by atoms with Crippen molar-refractivity contribution in [3.63, 3.8) is 0 Å². The number of unbranched alkanes of at least 4 members (excludes halogenated alkanes) is 15. The molecule has 0 N–H and O–H groups in total. The van der Waals surface area contributed by atoms with Crippen LogP contribution in [-0.4, -0.2) is 30.5 Å². The van der Waals surface area contributed by atoms with E-state index in [1.165, 1.54) is 89.9 Å². The van der Waals surface area contributed by atoms with Gasteiger partial charge in [0.1, 0.15) is 5.75 Å². The molecule has 4 rings (SSSR count). The summed E-state index contributed by atoms with van der Waals surface area (Å²) in [5, 5.41) is 0. The highest BCUT2D eigenvalue weighted by atomic mass is 16.6. The molecule has 232 valence electrons. The third-order valence-corrected chi connectivity index (χ3v) is 9.68. The number of carbonyl (C=O) groups excluding carboxylic acids is 4. The van der Waals surface area contributed by atoms with Crippen LogP contribution in [0.5, 0.6) is 5.75 Å². The summed E-state index contributed by atoms with van der Waals surface area (Å²) in [6.45, 7) is 4.72. The fraction of sp³-hybridized carbons (Fsp3) is 0.714. The van der Waals surface area contributed by atoms with Crippen LogP contribution in [0.2, 0.25) is 0 Å². The van der Waals surface area contributed by atoms with E-state index >= 15 is 0 Å². The van der Waals surface area contributed by atoms with Crippen LogP contribution < -0.4 is 4.74 Å². The van der Waals surface area contributed by atoms with Crippen molar-refractivity contribution in [3.05, 3.63) is 29.3 Å². The summed E-state index contributed by atoms with van der Waals surface area (Å²) in [6, 6.07) is 5.55. The molecule has 7 nitrogen and oxygen atoms in total. The van der Waals surface area contributed by atoms with Crippen LogP contribution in [0, 0.1) is 11.8 Å². The van der Waals surface area contributed by atoms with Crippen molar-refractivity contribution in [1.82, 2.24) is 0 Å². The zero-order valence-corrected chi connectivity index (χ0v) is 25.8. The first-order valence-electron chi connectivity index (χ1n) is 16.6. The molecule has 1 aromatic carbocycles. The van der Waals surface area contributed by atoms with Gasteiger partial charge in [-0.2, -0.15) is 0 Å². The van der Waals surface area contributed by atoms with Crippen molar-refractivity contribution in [3.8, 4) is 5.75 Å². The van der Waals surface area contributed by atoms with Crippen molar-refractivity contribution in [2.75, 3.05) is 6.61 Å². The Morgan fingerprint density at radius 3 is 1.86 bits per heavy atom. The maximum Gasteiger partial charge on any atom is 0.321 e. The lowest BCUT2D eigenvalue weighted by atomic mass is 9.58. The van der Waals surface area contributed by atoms with E-state index < -0.39 is 47.0 Å². The molecule has 0 radical (unpaired) electrons. The number of cyclic esters (lactones) is 4. The highest BCUT2D eigenvalue weighted by molar-refractivity contribution is 6.01. The first-order valence-corrected chi connectivity index (χ1v) is 16.6. The third kappa shape index (κ3) is 8.02. The molecule has 4 atom stereocenters. The van der Waals surface area contributed by atoms with Crippen LogP contribution in [0.15, 0.2) is 18.2 Å². The Balaban J connectivity index is 1.17. The fourth-order valence-electron chi connectivity index (χ4n) is 7.19. The lowest BCUT2D eigenvalue weighted by Gasteiger charge is -2.42. The van der Waals surface area contributed by atoms with Crippen LogP contribution >= 0.6 is 0 Å². The van der Waals surface area contributed by atoms with E-state index in [2.05, 4.69) is 6.92 Å². The fourth-order valence-corrected chi connectivity index (χ4v) is 7.19. The molecule has 7 heteroatoms. The van der Waals surface area contributed by atoms with Crippen LogP contribution in [0.25, 0.3) is 0 Å². The molecule has 0 bridgehead atoms. The van der Waals surface area contributed by atoms with Crippen LogP contribution in [0.4, 0.5) is 0 Å². The minimum absolute atomic E-state index is 0.0351. The largest absolute Gasteiger partial charge is 0.494 e. The van der Waals surface area contributed by atoms with E-state index in [1.807, 2.05) is 25.1 Å². The molecule has 0 saturated carbocycles. The molecule has 2 fully saturated rings. The predicted octanol–water partition coefficient (Wildman–Crippen LogP) is 7.86. The monoisotopic (exact) mass is 582 g/mol. The predicted molar refractivity (Wildman–Crippen MR) is 160 cm³/mol. The normalized spacial score (nSPS) is 24.9. The first-order chi connectivity index (χ1) is 20.3. The molecule has 42 heavy (non-hydrogen) atoms. The van der Waals surface area contributed by atoms with Crippen molar-refractivity contribution in [2.45, 2.75) is 141 Å². The van der Waals surface area contributed by atoms with E-state index in [1.54, 1.807) is 0 Å². The van der Waals surface area contributed by atoms with Crippen LogP contribution in [-0.2, 0) is 34.1 Å². The number of ether oxygens (including phenoxy) is 3. The smallest absolute Gasteiger partial charge is 0.321 e. The van der Waals surface area contributed by atoms with E-state index in [0.717, 1.165) is 18.4 Å². The Bertz CT molecular complexity index is 1090. The van der Waals surface area contributed by atoms with Crippen molar-refractivity contribution >= 4 is 23.9 Å². The molecule has 2 aliphatic heterocycles. The van der Waals surface area contributed by atoms with Gasteiger partial charge in [0.15, 0.2) is 0 Å². The summed E-state index contributed by atoms with van der Waals surface area (Å²) in [5.41, 5.74) is 0.610. The van der Waals surface area contributed by atoms with Crippen LogP contribution in [0.1, 0.15) is 146 Å². The SMILES string of the molecule is CCCCCCCCCCCCCCCCCCOc1ccc2c(c1)C1C(=O)OC(=O)C1CC2(C)C1CC(=O)OC1=O. The Labute approximate surface area is 251 Å². The summed E-state index contributed by atoms with van der Waals surface area (Å²) in [7, 11) is 0. The second-order valence-electron chi connectivity index (χ2n) is 12.9. The second kappa shape index (κ2) is 15.7. The van der Waals surface area contributed by atoms with Crippen molar-refractivity contribution in [2.24, 2.45) is 11.8 Å². The summed E-state index contributed by atoms with van der Waals surface area (Å²) >= 11 is 0. The number of carbonyl (C=O) groups is 4. The van der Waals surface area contributed by atoms with E-state index in [-0.39, 0.29) is 12.8 Å². The Morgan fingerprint density at radius 2 is 1.31 bits per heavy atom. The Hall–Kier alpha value is -2.70. The molecule has 2 heterocycles. The molecule has 2 saturated heterocycles. The lowest BCUT2D eigenvalue weighted by molar-refractivity contribution is -0.156. The summed E-state index contributed by atoms with van der Waals surface area (Å²) < 4.78 is 15.9. The lowest BCUT2D eigenvalue weighted by Crippen LogP contribution is -2.43. The van der Waals surface area contributed by atoms with Gasteiger partial charge in [-0.15, -0.1) is 0 Å². The number of rotatable bonds is 19. The second-order valence-corrected chi connectivity index (χ2v) is 12.9. The summed E-state index contributed by atoms with van der Waals surface area (Å²) in [6.07, 6.45) is 21.3. The van der Waals surface area contributed by atoms with Crippen LogP contribution in [0.3, 0.4) is 0 Å². The number of hydrogen-bond donors (Lipinski definition) is 0. The van der Waals surface area contributed by atoms with Gasteiger partial charge in [0.2, 0.25) is 0 Å². The third-order valence-electron chi connectivity index (χ3n) is 9.68. The van der Waals surface area contributed by atoms with E-state index in [9.17, 15) is 19.2 Å². The summed E-state index contributed by atoms with van der Waals surface area (Å²) in [4.78, 5) is 49.6. The van der Waals surface area contributed by atoms with Gasteiger partial charge in [0.25, 0.3) is 0 Å². The molecule has 4 unspecified atom stereocenters. The molecule has 0 spiro atoms. The van der Waals surface area contributed by atoms with Gasteiger partial charge < -0.3 is 14.2 Å². The van der Waals surface area contributed by atoms with Gasteiger partial charge in [-0.3, -0.25) is 19.2 Å². The molecule has 0 amide bonds. The minimum atomic E-state index is -0.824. The highest BCUT2D eigenvalue weighted by Gasteiger charge is 2.58. The first kappa shape index (κ1) is 32.2. The van der Waals surface area contributed by atoms with E-state index in [0.29, 0.717) is 17.9 Å². The molecule has 0 aromatic heterocycles. The maximum absolute atomic E-state index is 12.6. The number of fused-ring (bicyclic) bond motifs is 3. The zero-order valence-electron chi connectivity index (χ0n) is 25.8. The van der Waals surface area contributed by atoms with Crippen molar-refractivity contribution < 1.29 is 33.4 Å². The van der Waals surface area contributed by atoms with Gasteiger partial charge in [-0.05, 0) is 36.1 Å². The number of esters is 4. The van der Waals surface area contributed by atoms with Gasteiger partial charge in [-0.1, -0.05) is 116 Å². The van der Waals surface area contributed by atoms with Gasteiger partial charge in [0.05, 0.1) is 30.8 Å². The maximum atomic E-state index is 12.6. The van der Waals surface area contributed by atoms with Gasteiger partial charge >= 0.3 is 23.9 Å². The number of benzene rings is 1. The van der Waals surface area contributed by atoms with E-state index in [4.69, 9.17) is 14.2 Å². The van der Waals surface area contributed by atoms with Crippen molar-refractivity contribution in [1.29, 1.82) is 0 Å². The number of hydrogen-bond acceptors (Lipinski definition) is 7. The topological polar surface area (TPSA) is 96.0 Å². The minimum Gasteiger partial charge on any atom is -0.494 e. The summed E-state index contributed by atoms with van der Waals surface area (Å²) in [5.74, 6) is -3.73. The molecule has 1 aliphatic carbocycles. The Morgan fingerprint density at radius 1 is 0.738 bits per heavy atom. The quantitative estimate of drug-likeness (QED) is 0.0930. The molecular formula is C35H50O7. The average Bonchev–Trinajstić information content (AvgIpc) is 3.46.